The number of rotatable bonds is 0. The van der Waals surface area contributed by atoms with Crippen molar-refractivity contribution in [3.8, 4) is 0 Å². The van der Waals surface area contributed by atoms with Crippen LogP contribution in [-0.2, 0) is 77.3 Å². The molecule has 0 bridgehead atoms. The van der Waals surface area contributed by atoms with Crippen molar-refractivity contribution in [2.75, 3.05) is 0 Å². The summed E-state index contributed by atoms with van der Waals surface area (Å²) in [6.07, 6.45) is 0. The Labute approximate surface area is 76.3 Å². The van der Waals surface area contributed by atoms with E-state index in [4.69, 9.17) is 0 Å². The molecular formula is HCdCuSZn. The van der Waals surface area contributed by atoms with E-state index in [0.29, 0.717) is 0 Å². The van der Waals surface area contributed by atoms with Crippen LogP contribution in [0.15, 0.2) is 0 Å². The molecule has 0 N–H and O–H groups in total. The second-order valence-electron chi connectivity index (χ2n) is 0. The van der Waals surface area contributed by atoms with Gasteiger partial charge in [-0.2, -0.15) is 0 Å². The second-order valence-corrected chi connectivity index (χ2v) is 0. The third-order valence-corrected chi connectivity index (χ3v) is 0. The van der Waals surface area contributed by atoms with Gasteiger partial charge in [-0.05, 0) is 0 Å². The molecule has 0 atom stereocenters. The maximum absolute atomic E-state index is 0. The molecule has 0 rings (SSSR count). The molecule has 0 aliphatic carbocycles. The minimum atomic E-state index is 0. The Morgan fingerprint density at radius 1 is 1.00 bits per heavy atom. The van der Waals surface area contributed by atoms with Gasteiger partial charge in [0.25, 0.3) is 0 Å². The number of thiol groups is 1. The Morgan fingerprint density at radius 2 is 1.00 bits per heavy atom. The molecular weight excluding hydrogens is 273 g/mol. The van der Waals surface area contributed by atoms with Crippen molar-refractivity contribution in [3.63, 3.8) is 0 Å². The van der Waals surface area contributed by atoms with Crippen LogP contribution >= 0.6 is 0 Å². The van der Waals surface area contributed by atoms with Crippen molar-refractivity contribution in [1.29, 1.82) is 0 Å². The quantitative estimate of drug-likeness (QED) is 0.333. The molecule has 0 aliphatic rings. The molecule has 4 heavy (non-hydrogen) atoms. The fraction of sp³-hybridized carbons (Fsp3) is 0. The molecule has 0 aliphatic heterocycles. The van der Waals surface area contributed by atoms with Gasteiger partial charge in [-0.3, -0.25) is 0 Å². The van der Waals surface area contributed by atoms with Crippen molar-refractivity contribution >= 4 is 13.5 Å². The van der Waals surface area contributed by atoms with Crippen LogP contribution in [0.1, 0.15) is 0 Å². The van der Waals surface area contributed by atoms with Crippen molar-refractivity contribution in [1.82, 2.24) is 0 Å². The summed E-state index contributed by atoms with van der Waals surface area (Å²) in [7, 11) is 0. The van der Waals surface area contributed by atoms with Gasteiger partial charge < -0.3 is 13.5 Å². The largest absolute Gasteiger partial charge is 1.00 e. The summed E-state index contributed by atoms with van der Waals surface area (Å²) in [6, 6.07) is 0. The van der Waals surface area contributed by atoms with Crippen molar-refractivity contribution in [2.45, 2.75) is 0 Å². The van der Waals surface area contributed by atoms with Crippen molar-refractivity contribution in [3.05, 3.63) is 0 Å². The van der Waals surface area contributed by atoms with Crippen molar-refractivity contribution < 1.29 is 63.8 Å². The molecule has 0 heterocycles. The Morgan fingerprint density at radius 3 is 1.00 bits per heavy atom. The minimum Gasteiger partial charge on any atom is -0.813 e. The predicted octanol–water partition coefficient (Wildman–Crippen LogP) is -0.278. The summed E-state index contributed by atoms with van der Waals surface area (Å²) < 4.78 is 0. The van der Waals surface area contributed by atoms with Gasteiger partial charge in [0.2, 0.25) is 0 Å². The van der Waals surface area contributed by atoms with E-state index in [2.05, 4.69) is 0 Å². The zero-order valence-electron chi connectivity index (χ0n) is 2.16. The molecule has 4 heteroatoms. The number of hydrogen-bond acceptors (Lipinski definition) is 1. The SMILES string of the molecule is [Cd].[Cu+].[SH-].[Zn]. The van der Waals surface area contributed by atoms with Crippen LogP contribution in [0.25, 0.3) is 0 Å². The predicted molar refractivity (Wildman–Crippen MR) is 8.76 cm³/mol. The fourth-order valence-corrected chi connectivity index (χ4v) is 0. The Hall–Kier alpha value is 2.41. The Bertz CT molecular complexity index is 8.00. The van der Waals surface area contributed by atoms with Crippen LogP contribution in [0.3, 0.4) is 0 Å². The topological polar surface area (TPSA) is 0 Å². The van der Waals surface area contributed by atoms with E-state index in [1.54, 1.807) is 0 Å². The van der Waals surface area contributed by atoms with Gasteiger partial charge in [-0.15, -0.1) is 0 Å². The molecule has 0 aromatic carbocycles. The van der Waals surface area contributed by atoms with Gasteiger partial charge >= 0.3 is 17.1 Å². The molecule has 0 unspecified atom stereocenters. The molecule has 0 saturated carbocycles. The average molecular weight is 274 g/mol. The van der Waals surface area contributed by atoms with Crippen LogP contribution < -0.4 is 0 Å². The van der Waals surface area contributed by atoms with E-state index in [9.17, 15) is 0 Å². The summed E-state index contributed by atoms with van der Waals surface area (Å²) in [5, 5.41) is 0. The number of hydrogen-bond donors (Lipinski definition) is 0. The average Bonchev–Trinajstić information content (AvgIpc) is 0. The van der Waals surface area contributed by atoms with E-state index in [1.807, 2.05) is 0 Å². The minimum absolute atomic E-state index is 0. The first-order valence-electron chi connectivity index (χ1n) is 0. The summed E-state index contributed by atoms with van der Waals surface area (Å²) in [5.41, 5.74) is 0. The first-order chi connectivity index (χ1) is 0. The van der Waals surface area contributed by atoms with Gasteiger partial charge in [-0.25, -0.2) is 0 Å². The van der Waals surface area contributed by atoms with Gasteiger partial charge in [0, 0.05) is 46.8 Å². The van der Waals surface area contributed by atoms with Crippen LogP contribution in [0, 0.1) is 0 Å². The molecule has 0 saturated heterocycles. The maximum atomic E-state index is 0. The van der Waals surface area contributed by atoms with E-state index >= 15 is 0 Å². The van der Waals surface area contributed by atoms with Crippen LogP contribution in [0.2, 0.25) is 0 Å². The van der Waals surface area contributed by atoms with E-state index in [-0.39, 0.29) is 77.3 Å². The Balaban J connectivity index is 0. The second kappa shape index (κ2) is 18.1. The molecule has 0 aromatic heterocycles. The van der Waals surface area contributed by atoms with Gasteiger partial charge in [-0.1, -0.05) is 0 Å². The first kappa shape index (κ1) is 32.3. The molecule has 0 amide bonds. The van der Waals surface area contributed by atoms with E-state index < -0.39 is 0 Å². The molecule has 22 valence electrons. The molecule has 0 spiro atoms. The van der Waals surface area contributed by atoms with Gasteiger partial charge in [0.05, 0.1) is 0 Å². The van der Waals surface area contributed by atoms with E-state index in [0.717, 1.165) is 0 Å². The van der Waals surface area contributed by atoms with Crippen LogP contribution in [-0.4, -0.2) is 0 Å². The molecule has 0 radical (unpaired) electrons. The molecule has 0 nitrogen and oxygen atoms in total. The third-order valence-electron chi connectivity index (χ3n) is 0. The summed E-state index contributed by atoms with van der Waals surface area (Å²) in [6.45, 7) is 0. The van der Waals surface area contributed by atoms with Crippen LogP contribution in [0.4, 0.5) is 0 Å². The third kappa shape index (κ3) is 8.83. The standard InChI is InChI=1S/Cd.Cu.H2S.Zn/h;;1H2;/q;+1;;/p-1. The molecule has 0 aromatic rings. The summed E-state index contributed by atoms with van der Waals surface area (Å²) in [5.74, 6) is 0. The Kier molecular flexibility index (Phi) is 146. The van der Waals surface area contributed by atoms with Crippen LogP contribution in [0.5, 0.6) is 0 Å². The smallest absolute Gasteiger partial charge is 0.813 e. The van der Waals surface area contributed by atoms with Gasteiger partial charge in [0.1, 0.15) is 0 Å². The van der Waals surface area contributed by atoms with Gasteiger partial charge in [0.15, 0.2) is 0 Å². The monoisotopic (exact) mass is 274 g/mol. The zero-order chi connectivity index (χ0) is 0. The zero-order valence-corrected chi connectivity index (χ0v) is 11.0. The first-order valence-corrected chi connectivity index (χ1v) is 0. The molecule has 0 fully saturated rings. The fourth-order valence-electron chi connectivity index (χ4n) is 0. The maximum Gasteiger partial charge on any atom is 1.00 e. The van der Waals surface area contributed by atoms with E-state index in [1.165, 1.54) is 0 Å². The summed E-state index contributed by atoms with van der Waals surface area (Å²) >= 11 is 0. The van der Waals surface area contributed by atoms with Crippen molar-refractivity contribution in [2.24, 2.45) is 0 Å². The summed E-state index contributed by atoms with van der Waals surface area (Å²) in [4.78, 5) is 0. The normalized spacial score (nSPS) is 0.